The number of benzene rings is 1. The Hall–Kier alpha value is -2.74. The SMILES string of the molecule is C=C(NCCN1CCOCC1)c1c(=O)c2cccnc2n2c1sc1ccccc12. The second kappa shape index (κ2) is 7.59. The molecule has 1 aliphatic rings. The topological polar surface area (TPSA) is 58.9 Å². The van der Waals surface area contributed by atoms with Gasteiger partial charge in [-0.15, -0.1) is 11.3 Å². The fourth-order valence-corrected chi connectivity index (χ4v) is 5.10. The highest BCUT2D eigenvalue weighted by atomic mass is 32.1. The molecule has 1 aromatic carbocycles. The van der Waals surface area contributed by atoms with Crippen LogP contribution >= 0.6 is 11.3 Å². The molecule has 1 N–H and O–H groups in total. The maximum Gasteiger partial charge on any atom is 0.201 e. The summed E-state index contributed by atoms with van der Waals surface area (Å²) < 4.78 is 8.60. The summed E-state index contributed by atoms with van der Waals surface area (Å²) in [5, 5.41) is 4.00. The Morgan fingerprint density at radius 1 is 1.21 bits per heavy atom. The van der Waals surface area contributed by atoms with Crippen LogP contribution in [0.5, 0.6) is 0 Å². The van der Waals surface area contributed by atoms with Gasteiger partial charge >= 0.3 is 0 Å². The van der Waals surface area contributed by atoms with E-state index >= 15 is 0 Å². The van der Waals surface area contributed by atoms with Gasteiger partial charge in [0.25, 0.3) is 0 Å². The van der Waals surface area contributed by atoms with E-state index in [-0.39, 0.29) is 5.43 Å². The van der Waals surface area contributed by atoms with Crippen LogP contribution in [0.3, 0.4) is 0 Å². The fourth-order valence-electron chi connectivity index (χ4n) is 3.89. The zero-order chi connectivity index (χ0) is 19.8. The van der Waals surface area contributed by atoms with Crippen LogP contribution in [0.15, 0.2) is 54.0 Å². The van der Waals surface area contributed by atoms with Crippen molar-refractivity contribution in [1.82, 2.24) is 19.6 Å². The van der Waals surface area contributed by atoms with Gasteiger partial charge in [0.2, 0.25) is 5.43 Å². The zero-order valence-corrected chi connectivity index (χ0v) is 16.9. The Kier molecular flexibility index (Phi) is 4.79. The van der Waals surface area contributed by atoms with Gasteiger partial charge in [-0.2, -0.15) is 0 Å². The van der Waals surface area contributed by atoms with Gasteiger partial charge in [0.05, 0.1) is 34.4 Å². The molecule has 1 saturated heterocycles. The molecule has 0 amide bonds. The lowest BCUT2D eigenvalue weighted by Gasteiger charge is -2.26. The van der Waals surface area contributed by atoms with E-state index in [1.807, 2.05) is 24.3 Å². The molecule has 0 bridgehead atoms. The van der Waals surface area contributed by atoms with Gasteiger partial charge in [-0.25, -0.2) is 4.98 Å². The van der Waals surface area contributed by atoms with Crippen molar-refractivity contribution >= 4 is 43.1 Å². The van der Waals surface area contributed by atoms with Gasteiger partial charge in [-0.3, -0.25) is 14.1 Å². The highest BCUT2D eigenvalue weighted by Gasteiger charge is 2.19. The number of ether oxygens (including phenoxy) is 1. The van der Waals surface area contributed by atoms with Crippen molar-refractivity contribution in [1.29, 1.82) is 0 Å². The van der Waals surface area contributed by atoms with E-state index in [0.29, 0.717) is 22.3 Å². The third kappa shape index (κ3) is 3.21. The standard InChI is InChI=1S/C22H22N4O2S/c1-15(23-9-10-25-11-13-28-14-12-25)19-20(27)16-5-4-8-24-21(16)26-17-6-2-3-7-18(17)29-22(19)26/h2-8,23H,1,9-14H2. The molecule has 148 valence electrons. The number of hydrogen-bond donors (Lipinski definition) is 1. The largest absolute Gasteiger partial charge is 0.384 e. The molecular formula is C22H22N4O2S. The Balaban J connectivity index is 1.57. The van der Waals surface area contributed by atoms with Gasteiger partial charge < -0.3 is 10.1 Å². The highest BCUT2D eigenvalue weighted by molar-refractivity contribution is 7.24. The molecule has 0 radical (unpaired) electrons. The molecular weight excluding hydrogens is 384 g/mol. The number of morpholine rings is 1. The molecule has 5 rings (SSSR count). The Labute approximate surface area is 172 Å². The molecule has 0 aliphatic carbocycles. The monoisotopic (exact) mass is 406 g/mol. The van der Waals surface area contributed by atoms with Crippen molar-refractivity contribution in [2.75, 3.05) is 39.4 Å². The third-order valence-electron chi connectivity index (χ3n) is 5.37. The first-order valence-electron chi connectivity index (χ1n) is 9.78. The minimum absolute atomic E-state index is 0.0245. The van der Waals surface area contributed by atoms with E-state index in [1.54, 1.807) is 17.5 Å². The molecule has 1 fully saturated rings. The van der Waals surface area contributed by atoms with Gasteiger partial charge in [0.1, 0.15) is 10.5 Å². The molecule has 6 nitrogen and oxygen atoms in total. The summed E-state index contributed by atoms with van der Waals surface area (Å²) in [5.74, 6) is 0. The first-order chi connectivity index (χ1) is 14.2. The molecule has 0 unspecified atom stereocenters. The number of hydrogen-bond acceptors (Lipinski definition) is 6. The van der Waals surface area contributed by atoms with Crippen molar-refractivity contribution in [2.45, 2.75) is 0 Å². The van der Waals surface area contributed by atoms with E-state index < -0.39 is 0 Å². The summed E-state index contributed by atoms with van der Waals surface area (Å²) in [6.07, 6.45) is 1.73. The number of rotatable bonds is 5. The number of fused-ring (bicyclic) bond motifs is 5. The van der Waals surface area contributed by atoms with Gasteiger partial charge in [0.15, 0.2) is 0 Å². The lowest BCUT2D eigenvalue weighted by atomic mass is 10.1. The van der Waals surface area contributed by atoms with Crippen LogP contribution in [0.25, 0.3) is 31.8 Å². The quantitative estimate of drug-likeness (QED) is 0.552. The average Bonchev–Trinajstić information content (AvgIpc) is 3.14. The van der Waals surface area contributed by atoms with Gasteiger partial charge in [0, 0.05) is 38.1 Å². The molecule has 0 spiro atoms. The van der Waals surface area contributed by atoms with Crippen molar-refractivity contribution in [3.63, 3.8) is 0 Å². The number of nitrogens with zero attached hydrogens (tertiary/aromatic N) is 3. The van der Waals surface area contributed by atoms with Crippen LogP contribution in [-0.2, 0) is 4.74 Å². The molecule has 3 aromatic heterocycles. The lowest BCUT2D eigenvalue weighted by Crippen LogP contribution is -2.40. The Morgan fingerprint density at radius 3 is 2.90 bits per heavy atom. The maximum absolute atomic E-state index is 13.4. The van der Waals surface area contributed by atoms with E-state index in [2.05, 4.69) is 38.3 Å². The van der Waals surface area contributed by atoms with Crippen LogP contribution < -0.4 is 10.7 Å². The maximum atomic E-state index is 13.4. The van der Waals surface area contributed by atoms with Gasteiger partial charge in [-0.05, 0) is 24.3 Å². The van der Waals surface area contributed by atoms with E-state index in [4.69, 9.17) is 4.74 Å². The van der Waals surface area contributed by atoms with Crippen molar-refractivity contribution < 1.29 is 4.74 Å². The van der Waals surface area contributed by atoms with Crippen LogP contribution in [0, 0.1) is 0 Å². The number of thiazole rings is 1. The van der Waals surface area contributed by atoms with Crippen LogP contribution in [0.4, 0.5) is 0 Å². The summed E-state index contributed by atoms with van der Waals surface area (Å²) in [4.78, 5) is 21.1. The summed E-state index contributed by atoms with van der Waals surface area (Å²) in [6, 6.07) is 11.8. The predicted octanol–water partition coefficient (Wildman–Crippen LogP) is 2.95. The zero-order valence-electron chi connectivity index (χ0n) is 16.1. The second-order valence-corrected chi connectivity index (χ2v) is 8.18. The molecule has 29 heavy (non-hydrogen) atoms. The molecule has 7 heteroatoms. The average molecular weight is 407 g/mol. The van der Waals surface area contributed by atoms with Crippen molar-refractivity contribution in [3.8, 4) is 0 Å². The third-order valence-corrected chi connectivity index (χ3v) is 6.52. The van der Waals surface area contributed by atoms with E-state index in [1.165, 1.54) is 0 Å². The molecule has 4 heterocycles. The minimum Gasteiger partial charge on any atom is -0.384 e. The molecule has 4 aromatic rings. The molecule has 0 atom stereocenters. The van der Waals surface area contributed by atoms with E-state index in [9.17, 15) is 4.79 Å². The van der Waals surface area contributed by atoms with Crippen molar-refractivity contribution in [2.24, 2.45) is 0 Å². The number of aromatic nitrogens is 2. The minimum atomic E-state index is -0.0245. The van der Waals surface area contributed by atoms with Crippen LogP contribution in [-0.4, -0.2) is 53.7 Å². The highest BCUT2D eigenvalue weighted by Crippen LogP contribution is 2.31. The van der Waals surface area contributed by atoms with Crippen LogP contribution in [0.1, 0.15) is 5.56 Å². The fraction of sp³-hybridized carbons (Fsp3) is 0.273. The molecule has 0 saturated carbocycles. The van der Waals surface area contributed by atoms with Crippen molar-refractivity contribution in [3.05, 3.63) is 65.0 Å². The first kappa shape index (κ1) is 18.3. The smallest absolute Gasteiger partial charge is 0.201 e. The summed E-state index contributed by atoms with van der Waals surface area (Å²) in [7, 11) is 0. The Bertz CT molecular complexity index is 1270. The summed E-state index contributed by atoms with van der Waals surface area (Å²) >= 11 is 1.60. The predicted molar refractivity (Wildman–Crippen MR) is 119 cm³/mol. The van der Waals surface area contributed by atoms with Crippen LogP contribution in [0.2, 0.25) is 0 Å². The summed E-state index contributed by atoms with van der Waals surface area (Å²) in [5.41, 5.74) is 3.02. The van der Waals surface area contributed by atoms with Gasteiger partial charge in [-0.1, -0.05) is 18.7 Å². The molecule has 1 aliphatic heterocycles. The second-order valence-electron chi connectivity index (χ2n) is 7.15. The first-order valence-corrected chi connectivity index (χ1v) is 10.6. The lowest BCUT2D eigenvalue weighted by molar-refractivity contribution is 0.0388. The number of para-hydroxylation sites is 1. The normalized spacial score (nSPS) is 15.3. The summed E-state index contributed by atoms with van der Waals surface area (Å²) in [6.45, 7) is 9.30. The number of pyridine rings is 2. The van der Waals surface area contributed by atoms with E-state index in [0.717, 1.165) is 54.4 Å². The number of nitrogens with one attached hydrogen (secondary N) is 1. The Morgan fingerprint density at radius 2 is 2.03 bits per heavy atom.